The van der Waals surface area contributed by atoms with Gasteiger partial charge < -0.3 is 15.2 Å². The first-order valence-electron chi connectivity index (χ1n) is 5.76. The van der Waals surface area contributed by atoms with Crippen molar-refractivity contribution in [2.45, 2.75) is 38.3 Å². The molecule has 0 aromatic rings. The standard InChI is InChI=1S/C11H21NO2/c1-8(10-4-5-14-7-10)12-6-11(13)9-2-3-9/h8-13H,2-7H2,1H3. The Morgan fingerprint density at radius 1 is 1.36 bits per heavy atom. The lowest BCUT2D eigenvalue weighted by Gasteiger charge is -2.21. The summed E-state index contributed by atoms with van der Waals surface area (Å²) >= 11 is 0. The lowest BCUT2D eigenvalue weighted by molar-refractivity contribution is 0.137. The molecule has 1 saturated heterocycles. The van der Waals surface area contributed by atoms with E-state index in [4.69, 9.17) is 4.74 Å². The molecule has 2 fully saturated rings. The van der Waals surface area contributed by atoms with Gasteiger partial charge in [0.1, 0.15) is 0 Å². The Labute approximate surface area is 85.8 Å². The van der Waals surface area contributed by atoms with Gasteiger partial charge in [0.15, 0.2) is 0 Å². The Morgan fingerprint density at radius 3 is 2.71 bits per heavy atom. The summed E-state index contributed by atoms with van der Waals surface area (Å²) in [5.41, 5.74) is 0. The van der Waals surface area contributed by atoms with Crippen molar-refractivity contribution in [3.05, 3.63) is 0 Å². The van der Waals surface area contributed by atoms with Crippen molar-refractivity contribution in [2.75, 3.05) is 19.8 Å². The molecule has 14 heavy (non-hydrogen) atoms. The average Bonchev–Trinajstić information content (AvgIpc) is 2.90. The van der Waals surface area contributed by atoms with Gasteiger partial charge in [0.25, 0.3) is 0 Å². The SMILES string of the molecule is CC(NCC(O)C1CC1)C1CCOC1. The smallest absolute Gasteiger partial charge is 0.0692 e. The van der Waals surface area contributed by atoms with E-state index in [0.717, 1.165) is 26.2 Å². The minimum absolute atomic E-state index is 0.125. The summed E-state index contributed by atoms with van der Waals surface area (Å²) in [5, 5.41) is 13.1. The maximum Gasteiger partial charge on any atom is 0.0692 e. The number of nitrogens with one attached hydrogen (secondary N) is 1. The molecule has 82 valence electrons. The third-order valence-electron chi connectivity index (χ3n) is 3.49. The van der Waals surface area contributed by atoms with Crippen molar-refractivity contribution >= 4 is 0 Å². The van der Waals surface area contributed by atoms with Gasteiger partial charge in [0.05, 0.1) is 12.7 Å². The predicted molar refractivity (Wildman–Crippen MR) is 55.1 cm³/mol. The molecule has 3 heteroatoms. The zero-order chi connectivity index (χ0) is 9.97. The van der Waals surface area contributed by atoms with E-state index in [1.54, 1.807) is 0 Å². The van der Waals surface area contributed by atoms with Gasteiger partial charge >= 0.3 is 0 Å². The van der Waals surface area contributed by atoms with Crippen LogP contribution >= 0.6 is 0 Å². The fourth-order valence-corrected chi connectivity index (χ4v) is 2.07. The van der Waals surface area contributed by atoms with E-state index in [9.17, 15) is 5.11 Å². The van der Waals surface area contributed by atoms with Crippen LogP contribution in [0, 0.1) is 11.8 Å². The Morgan fingerprint density at radius 2 is 2.14 bits per heavy atom. The van der Waals surface area contributed by atoms with Gasteiger partial charge in [0.2, 0.25) is 0 Å². The number of aliphatic hydroxyl groups excluding tert-OH is 1. The molecule has 0 spiro atoms. The molecule has 1 saturated carbocycles. The average molecular weight is 199 g/mol. The number of rotatable bonds is 5. The van der Waals surface area contributed by atoms with Crippen LogP contribution < -0.4 is 5.32 Å². The molecule has 0 aromatic heterocycles. The summed E-state index contributed by atoms with van der Waals surface area (Å²) < 4.78 is 5.34. The van der Waals surface area contributed by atoms with Crippen LogP contribution in [0.5, 0.6) is 0 Å². The summed E-state index contributed by atoms with van der Waals surface area (Å²) in [7, 11) is 0. The molecule has 3 unspecified atom stereocenters. The Bertz CT molecular complexity index is 176. The molecule has 0 bridgehead atoms. The van der Waals surface area contributed by atoms with Crippen molar-refractivity contribution in [3.63, 3.8) is 0 Å². The number of aliphatic hydroxyl groups is 1. The van der Waals surface area contributed by atoms with Crippen molar-refractivity contribution in [1.82, 2.24) is 5.32 Å². The maximum absolute atomic E-state index is 9.69. The van der Waals surface area contributed by atoms with Crippen LogP contribution in [-0.4, -0.2) is 37.0 Å². The Hall–Kier alpha value is -0.120. The summed E-state index contributed by atoms with van der Waals surface area (Å²) in [6.07, 6.45) is 3.46. The molecule has 3 nitrogen and oxygen atoms in total. The lowest BCUT2D eigenvalue weighted by Crippen LogP contribution is -2.39. The van der Waals surface area contributed by atoms with Crippen molar-refractivity contribution < 1.29 is 9.84 Å². The van der Waals surface area contributed by atoms with Gasteiger partial charge in [-0.25, -0.2) is 0 Å². The van der Waals surface area contributed by atoms with Crippen LogP contribution in [0.15, 0.2) is 0 Å². The lowest BCUT2D eigenvalue weighted by atomic mass is 10.0. The van der Waals surface area contributed by atoms with Crippen LogP contribution in [-0.2, 0) is 4.74 Å². The first kappa shape index (κ1) is 10.4. The molecular formula is C11H21NO2. The van der Waals surface area contributed by atoms with E-state index in [2.05, 4.69) is 12.2 Å². The van der Waals surface area contributed by atoms with Crippen LogP contribution in [0.1, 0.15) is 26.2 Å². The Balaban J connectivity index is 1.63. The monoisotopic (exact) mass is 199 g/mol. The molecule has 1 heterocycles. The van der Waals surface area contributed by atoms with Crippen molar-refractivity contribution in [2.24, 2.45) is 11.8 Å². The van der Waals surface area contributed by atoms with Crippen molar-refractivity contribution in [3.8, 4) is 0 Å². The number of hydrogen-bond donors (Lipinski definition) is 2. The second-order valence-corrected chi connectivity index (χ2v) is 4.73. The van der Waals surface area contributed by atoms with E-state index in [1.807, 2.05) is 0 Å². The highest BCUT2D eigenvalue weighted by molar-refractivity contribution is 4.84. The minimum atomic E-state index is -0.125. The van der Waals surface area contributed by atoms with Crippen LogP contribution in [0.2, 0.25) is 0 Å². The second-order valence-electron chi connectivity index (χ2n) is 4.73. The van der Waals surface area contributed by atoms with Gasteiger partial charge in [-0.15, -0.1) is 0 Å². The quantitative estimate of drug-likeness (QED) is 0.687. The molecule has 2 rings (SSSR count). The van der Waals surface area contributed by atoms with Crippen LogP contribution in [0.4, 0.5) is 0 Å². The fraction of sp³-hybridized carbons (Fsp3) is 1.00. The predicted octanol–water partition coefficient (Wildman–Crippen LogP) is 0.772. The summed E-state index contributed by atoms with van der Waals surface area (Å²) in [6.45, 7) is 4.73. The molecule has 2 N–H and O–H groups in total. The fourth-order valence-electron chi connectivity index (χ4n) is 2.07. The number of ether oxygens (including phenoxy) is 1. The summed E-state index contributed by atoms with van der Waals surface area (Å²) in [6, 6.07) is 0.478. The molecule has 0 aromatic carbocycles. The first-order chi connectivity index (χ1) is 6.77. The van der Waals surface area contributed by atoms with Gasteiger partial charge in [0, 0.05) is 19.2 Å². The van der Waals surface area contributed by atoms with Gasteiger partial charge in [-0.1, -0.05) is 0 Å². The van der Waals surface area contributed by atoms with E-state index in [0.29, 0.717) is 17.9 Å². The third kappa shape index (κ3) is 2.69. The maximum atomic E-state index is 9.69. The summed E-state index contributed by atoms with van der Waals surface area (Å²) in [4.78, 5) is 0. The van der Waals surface area contributed by atoms with Crippen LogP contribution in [0.25, 0.3) is 0 Å². The van der Waals surface area contributed by atoms with E-state index in [-0.39, 0.29) is 6.10 Å². The second kappa shape index (κ2) is 4.60. The zero-order valence-corrected chi connectivity index (χ0v) is 8.91. The van der Waals surface area contributed by atoms with E-state index < -0.39 is 0 Å². The first-order valence-corrected chi connectivity index (χ1v) is 5.76. The molecule has 3 atom stereocenters. The Kier molecular flexibility index (Phi) is 3.42. The highest BCUT2D eigenvalue weighted by Crippen LogP contribution is 2.32. The highest BCUT2D eigenvalue weighted by Gasteiger charge is 2.30. The highest BCUT2D eigenvalue weighted by atomic mass is 16.5. The van der Waals surface area contributed by atoms with Gasteiger partial charge in [-0.05, 0) is 38.0 Å². The van der Waals surface area contributed by atoms with Gasteiger partial charge in [-0.3, -0.25) is 0 Å². The van der Waals surface area contributed by atoms with E-state index >= 15 is 0 Å². The third-order valence-corrected chi connectivity index (χ3v) is 3.49. The van der Waals surface area contributed by atoms with Gasteiger partial charge in [-0.2, -0.15) is 0 Å². The normalized spacial score (nSPS) is 31.7. The van der Waals surface area contributed by atoms with Crippen molar-refractivity contribution in [1.29, 1.82) is 0 Å². The summed E-state index contributed by atoms with van der Waals surface area (Å²) in [5.74, 6) is 1.22. The van der Waals surface area contributed by atoms with Crippen LogP contribution in [0.3, 0.4) is 0 Å². The molecule has 1 aliphatic heterocycles. The number of hydrogen-bond acceptors (Lipinski definition) is 3. The molecule has 2 aliphatic rings. The molecular weight excluding hydrogens is 178 g/mol. The zero-order valence-electron chi connectivity index (χ0n) is 8.91. The largest absolute Gasteiger partial charge is 0.392 e. The molecule has 0 radical (unpaired) electrons. The molecule has 0 amide bonds. The topological polar surface area (TPSA) is 41.5 Å². The van der Waals surface area contributed by atoms with E-state index in [1.165, 1.54) is 12.8 Å². The minimum Gasteiger partial charge on any atom is -0.392 e. The molecule has 1 aliphatic carbocycles.